The molecule has 3 aromatic rings. The monoisotopic (exact) mass is 378 g/mol. The Labute approximate surface area is 150 Å². The lowest BCUT2D eigenvalue weighted by Gasteiger charge is -2.06. The number of benzene rings is 1. The van der Waals surface area contributed by atoms with Gasteiger partial charge < -0.3 is 10.6 Å². The summed E-state index contributed by atoms with van der Waals surface area (Å²) in [4.78, 5) is 24.0. The van der Waals surface area contributed by atoms with Gasteiger partial charge in [-0.05, 0) is 30.3 Å². The fraction of sp³-hybridized carbons (Fsp3) is 0.125. The predicted molar refractivity (Wildman–Crippen MR) is 89.1 cm³/mol. The van der Waals surface area contributed by atoms with E-state index >= 15 is 0 Å². The van der Waals surface area contributed by atoms with E-state index in [9.17, 15) is 22.8 Å². The number of nitrogens with one attached hydrogen (secondary N) is 3. The quantitative estimate of drug-likeness (QED) is 0.649. The first-order chi connectivity index (χ1) is 12.7. The van der Waals surface area contributed by atoms with Gasteiger partial charge in [-0.3, -0.25) is 19.4 Å². The van der Waals surface area contributed by atoms with Crippen molar-refractivity contribution in [2.45, 2.75) is 6.18 Å². The van der Waals surface area contributed by atoms with Gasteiger partial charge in [0.2, 0.25) is 0 Å². The third kappa shape index (κ3) is 4.32. The normalized spacial score (nSPS) is 11.3. The molecule has 0 radical (unpaired) electrons. The molecule has 0 aliphatic heterocycles. The average molecular weight is 378 g/mol. The van der Waals surface area contributed by atoms with Crippen LogP contribution in [-0.2, 0) is 13.2 Å². The molecule has 8 nitrogen and oxygen atoms in total. The molecule has 3 rings (SSSR count). The van der Waals surface area contributed by atoms with Gasteiger partial charge in [-0.1, -0.05) is 0 Å². The molecule has 2 amide bonds. The first kappa shape index (κ1) is 18.2. The van der Waals surface area contributed by atoms with Crippen molar-refractivity contribution in [3.8, 4) is 0 Å². The highest BCUT2D eigenvalue weighted by Gasteiger charge is 2.33. The SMILES string of the molecule is Cn1ccc(C(=O)Nc2ccc(NC(=O)c3cc(C(F)(F)F)[nH]n3)cc2)n1. The summed E-state index contributed by atoms with van der Waals surface area (Å²) >= 11 is 0. The van der Waals surface area contributed by atoms with Crippen LogP contribution in [0.25, 0.3) is 0 Å². The molecule has 0 aliphatic rings. The minimum absolute atomic E-state index is 0.244. The minimum atomic E-state index is -4.61. The van der Waals surface area contributed by atoms with E-state index in [-0.39, 0.29) is 5.69 Å². The van der Waals surface area contributed by atoms with Gasteiger partial charge in [0.15, 0.2) is 11.4 Å². The fourth-order valence-electron chi connectivity index (χ4n) is 2.15. The Morgan fingerprint density at radius 1 is 1.00 bits per heavy atom. The second kappa shape index (κ2) is 6.94. The first-order valence-corrected chi connectivity index (χ1v) is 7.57. The number of hydrogen-bond donors (Lipinski definition) is 3. The average Bonchev–Trinajstić information content (AvgIpc) is 3.25. The van der Waals surface area contributed by atoms with Crippen LogP contribution in [-0.4, -0.2) is 31.8 Å². The van der Waals surface area contributed by atoms with Gasteiger partial charge in [-0.15, -0.1) is 0 Å². The molecule has 140 valence electrons. The van der Waals surface area contributed by atoms with Gasteiger partial charge in [0.1, 0.15) is 5.69 Å². The molecule has 0 bridgehead atoms. The number of aromatic amines is 1. The van der Waals surface area contributed by atoms with E-state index in [2.05, 4.69) is 20.8 Å². The summed E-state index contributed by atoms with van der Waals surface area (Å²) in [6.07, 6.45) is -2.98. The number of H-pyrrole nitrogens is 1. The van der Waals surface area contributed by atoms with Crippen molar-refractivity contribution in [3.63, 3.8) is 0 Å². The molecule has 11 heteroatoms. The van der Waals surface area contributed by atoms with Crippen LogP contribution < -0.4 is 10.6 Å². The van der Waals surface area contributed by atoms with Crippen LogP contribution in [0.3, 0.4) is 0 Å². The van der Waals surface area contributed by atoms with Gasteiger partial charge in [0.25, 0.3) is 11.8 Å². The summed E-state index contributed by atoms with van der Waals surface area (Å²) in [5.74, 6) is -1.20. The largest absolute Gasteiger partial charge is 0.432 e. The Bertz CT molecular complexity index is 975. The fourth-order valence-corrected chi connectivity index (χ4v) is 2.15. The van der Waals surface area contributed by atoms with E-state index in [1.54, 1.807) is 24.4 Å². The molecule has 3 N–H and O–H groups in total. The Morgan fingerprint density at radius 2 is 1.56 bits per heavy atom. The Kier molecular flexibility index (Phi) is 4.67. The number of carbonyl (C=O) groups excluding carboxylic acids is 2. The van der Waals surface area contributed by atoms with Crippen molar-refractivity contribution in [2.75, 3.05) is 10.6 Å². The number of anilines is 2. The number of halogens is 3. The van der Waals surface area contributed by atoms with Crippen LogP contribution in [0.4, 0.5) is 24.5 Å². The predicted octanol–water partition coefficient (Wildman–Crippen LogP) is 2.67. The molecule has 2 heterocycles. The summed E-state index contributed by atoms with van der Waals surface area (Å²) in [5.41, 5.74) is -0.473. The molecular formula is C16H13F3N6O2. The third-order valence-corrected chi connectivity index (χ3v) is 3.46. The second-order valence-electron chi connectivity index (χ2n) is 5.52. The minimum Gasteiger partial charge on any atom is -0.321 e. The molecule has 1 aromatic carbocycles. The third-order valence-electron chi connectivity index (χ3n) is 3.46. The van der Waals surface area contributed by atoms with Crippen LogP contribution >= 0.6 is 0 Å². The van der Waals surface area contributed by atoms with E-state index in [4.69, 9.17) is 0 Å². The van der Waals surface area contributed by atoms with Gasteiger partial charge >= 0.3 is 6.18 Å². The molecule has 2 aromatic heterocycles. The molecule has 0 unspecified atom stereocenters. The van der Waals surface area contributed by atoms with Crippen LogP contribution in [0.15, 0.2) is 42.6 Å². The zero-order valence-corrected chi connectivity index (χ0v) is 13.8. The van der Waals surface area contributed by atoms with E-state index in [1.807, 2.05) is 0 Å². The standard InChI is InChI=1S/C16H13F3N6O2/c1-25-7-6-11(24-25)14(26)20-9-2-4-10(5-3-9)21-15(27)12-8-13(23-22-12)16(17,18)19/h2-8H,1H3,(H,20,26)(H,21,27)(H,22,23). The van der Waals surface area contributed by atoms with E-state index < -0.39 is 29.4 Å². The molecule has 0 saturated heterocycles. The van der Waals surface area contributed by atoms with Gasteiger partial charge in [-0.25, -0.2) is 0 Å². The number of amides is 2. The molecule has 0 aliphatic carbocycles. The second-order valence-corrected chi connectivity index (χ2v) is 5.52. The van der Waals surface area contributed by atoms with Gasteiger partial charge in [0.05, 0.1) is 0 Å². The van der Waals surface area contributed by atoms with Gasteiger partial charge in [-0.2, -0.15) is 23.4 Å². The highest BCUT2D eigenvalue weighted by Crippen LogP contribution is 2.27. The van der Waals surface area contributed by atoms with Crippen LogP contribution in [0.5, 0.6) is 0 Å². The number of alkyl halides is 3. The zero-order chi connectivity index (χ0) is 19.6. The molecule has 0 spiro atoms. The van der Waals surface area contributed by atoms with Crippen LogP contribution in [0.2, 0.25) is 0 Å². The van der Waals surface area contributed by atoms with Crippen molar-refractivity contribution in [2.24, 2.45) is 7.05 Å². The maximum atomic E-state index is 12.5. The lowest BCUT2D eigenvalue weighted by Crippen LogP contribution is -2.14. The van der Waals surface area contributed by atoms with E-state index in [1.165, 1.54) is 28.9 Å². The summed E-state index contributed by atoms with van der Waals surface area (Å²) < 4.78 is 39.1. The van der Waals surface area contributed by atoms with E-state index in [0.29, 0.717) is 17.4 Å². The summed E-state index contributed by atoms with van der Waals surface area (Å²) in [6.45, 7) is 0. The Hall–Kier alpha value is -3.63. The Balaban J connectivity index is 1.62. The summed E-state index contributed by atoms with van der Waals surface area (Å²) in [7, 11) is 1.69. The number of aryl methyl sites for hydroxylation is 1. The van der Waals surface area contributed by atoms with Crippen molar-refractivity contribution in [1.29, 1.82) is 0 Å². The maximum Gasteiger partial charge on any atom is 0.432 e. The number of rotatable bonds is 4. The molecular weight excluding hydrogens is 365 g/mol. The van der Waals surface area contributed by atoms with Crippen molar-refractivity contribution < 1.29 is 22.8 Å². The summed E-state index contributed by atoms with van der Waals surface area (Å²) in [6, 6.07) is 8.22. The molecule has 0 atom stereocenters. The zero-order valence-electron chi connectivity index (χ0n) is 13.8. The van der Waals surface area contributed by atoms with Gasteiger partial charge in [0, 0.05) is 30.7 Å². The Morgan fingerprint density at radius 3 is 2.00 bits per heavy atom. The number of aromatic nitrogens is 4. The van der Waals surface area contributed by atoms with Crippen LogP contribution in [0.1, 0.15) is 26.7 Å². The number of carbonyl (C=O) groups is 2. The lowest BCUT2D eigenvalue weighted by atomic mass is 10.2. The lowest BCUT2D eigenvalue weighted by molar-refractivity contribution is -0.141. The highest BCUT2D eigenvalue weighted by molar-refractivity contribution is 6.04. The van der Waals surface area contributed by atoms with Crippen molar-refractivity contribution >= 4 is 23.2 Å². The molecule has 0 fully saturated rings. The van der Waals surface area contributed by atoms with Crippen molar-refractivity contribution in [1.82, 2.24) is 20.0 Å². The highest BCUT2D eigenvalue weighted by atomic mass is 19.4. The van der Waals surface area contributed by atoms with Crippen molar-refractivity contribution in [3.05, 3.63) is 59.7 Å². The van der Waals surface area contributed by atoms with Crippen LogP contribution in [0, 0.1) is 0 Å². The summed E-state index contributed by atoms with van der Waals surface area (Å²) in [5, 5.41) is 14.1. The van der Waals surface area contributed by atoms with E-state index in [0.717, 1.165) is 0 Å². The molecule has 0 saturated carbocycles. The number of nitrogens with zero attached hydrogens (tertiary/aromatic N) is 3. The first-order valence-electron chi connectivity index (χ1n) is 7.57. The number of hydrogen-bond acceptors (Lipinski definition) is 4. The molecule has 27 heavy (non-hydrogen) atoms. The smallest absolute Gasteiger partial charge is 0.321 e. The topological polar surface area (TPSA) is 105 Å². The maximum absolute atomic E-state index is 12.5.